The number of methoxy groups -OCH3 is 1. The first kappa shape index (κ1) is 18.8. The van der Waals surface area contributed by atoms with E-state index in [0.29, 0.717) is 22.3 Å². The number of anilines is 1. The molecule has 1 fully saturated rings. The summed E-state index contributed by atoms with van der Waals surface area (Å²) in [7, 11) is 1.32. The van der Waals surface area contributed by atoms with Gasteiger partial charge in [0.1, 0.15) is 12.1 Å². The molecule has 2 atom stereocenters. The lowest BCUT2D eigenvalue weighted by molar-refractivity contribution is -0.148. The summed E-state index contributed by atoms with van der Waals surface area (Å²) in [5.41, 5.74) is 0.588. The fraction of sp³-hybridized carbons (Fsp3) is 0.500. The third-order valence-corrected chi connectivity index (χ3v) is 4.43. The number of ether oxygens (including phenoxy) is 2. The summed E-state index contributed by atoms with van der Waals surface area (Å²) in [5, 5.41) is 4.35. The molecule has 1 aromatic carbocycles. The normalized spacial score (nSPS) is 21.0. The molecule has 2 rings (SSSR count). The summed E-state index contributed by atoms with van der Waals surface area (Å²) in [6, 6.07) is 3.76. The van der Waals surface area contributed by atoms with E-state index in [-0.39, 0.29) is 19.0 Å². The van der Waals surface area contributed by atoms with Gasteiger partial charge in [-0.2, -0.15) is 0 Å². The van der Waals surface area contributed by atoms with Crippen LogP contribution in [0.3, 0.4) is 0 Å². The molecule has 1 heterocycles. The molecule has 8 heteroatoms. The highest BCUT2D eigenvalue weighted by atomic mass is 35.5. The number of nitrogens with zero attached hydrogens (tertiary/aromatic N) is 2. The van der Waals surface area contributed by atoms with Crippen LogP contribution in [0.1, 0.15) is 20.3 Å². The number of rotatable bonds is 5. The molecular formula is C16H20Cl2N2O4. The van der Waals surface area contributed by atoms with E-state index in [1.807, 2.05) is 6.92 Å². The lowest BCUT2D eigenvalue weighted by Crippen LogP contribution is -2.48. The Morgan fingerprint density at radius 2 is 1.92 bits per heavy atom. The van der Waals surface area contributed by atoms with Crippen molar-refractivity contribution in [3.8, 4) is 0 Å². The molecule has 0 amide bonds. The van der Waals surface area contributed by atoms with Crippen molar-refractivity contribution in [1.82, 2.24) is 5.01 Å². The smallest absolute Gasteiger partial charge is 0.330 e. The molecule has 1 aromatic rings. The SMILES string of the molecule is CCOC(=O)C1CC(C(=O)OC)N(c2ccc(Cl)cc2Cl)N1CC. The van der Waals surface area contributed by atoms with Crippen molar-refractivity contribution < 1.29 is 19.1 Å². The maximum atomic E-state index is 12.3. The van der Waals surface area contributed by atoms with Gasteiger partial charge in [-0.05, 0) is 25.1 Å². The summed E-state index contributed by atoms with van der Waals surface area (Å²) >= 11 is 12.3. The highest BCUT2D eigenvalue weighted by Crippen LogP contribution is 2.37. The molecule has 0 bridgehead atoms. The van der Waals surface area contributed by atoms with Crippen LogP contribution in [0.15, 0.2) is 18.2 Å². The summed E-state index contributed by atoms with van der Waals surface area (Å²) in [6.07, 6.45) is 0.262. The summed E-state index contributed by atoms with van der Waals surface area (Å²) in [4.78, 5) is 24.5. The third-order valence-electron chi connectivity index (χ3n) is 3.89. The first-order valence-electron chi connectivity index (χ1n) is 7.69. The van der Waals surface area contributed by atoms with E-state index in [2.05, 4.69) is 0 Å². The molecule has 0 saturated carbocycles. The van der Waals surface area contributed by atoms with E-state index in [0.717, 1.165) is 0 Å². The predicted molar refractivity (Wildman–Crippen MR) is 92.2 cm³/mol. The van der Waals surface area contributed by atoms with E-state index in [4.69, 9.17) is 32.7 Å². The second kappa shape index (κ2) is 8.05. The number of hydrazine groups is 1. The topological polar surface area (TPSA) is 59.1 Å². The second-order valence-corrected chi connectivity index (χ2v) is 6.08. The van der Waals surface area contributed by atoms with Gasteiger partial charge in [0.05, 0.1) is 24.4 Å². The molecule has 0 spiro atoms. The minimum absolute atomic E-state index is 0.262. The molecule has 0 aromatic heterocycles. The molecule has 1 aliphatic heterocycles. The minimum atomic E-state index is -0.664. The van der Waals surface area contributed by atoms with Gasteiger partial charge in [0.15, 0.2) is 0 Å². The lowest BCUT2D eigenvalue weighted by Gasteiger charge is -2.34. The van der Waals surface area contributed by atoms with Gasteiger partial charge in [-0.15, -0.1) is 0 Å². The van der Waals surface area contributed by atoms with Crippen LogP contribution in [-0.2, 0) is 19.1 Å². The fourth-order valence-electron chi connectivity index (χ4n) is 2.90. The first-order valence-corrected chi connectivity index (χ1v) is 8.45. The minimum Gasteiger partial charge on any atom is -0.467 e. The van der Waals surface area contributed by atoms with Crippen molar-refractivity contribution in [1.29, 1.82) is 0 Å². The highest BCUT2D eigenvalue weighted by molar-refractivity contribution is 6.36. The highest BCUT2D eigenvalue weighted by Gasteiger charge is 2.47. The Balaban J connectivity index is 2.46. The van der Waals surface area contributed by atoms with Crippen LogP contribution in [0.2, 0.25) is 10.0 Å². The van der Waals surface area contributed by atoms with Gasteiger partial charge in [-0.1, -0.05) is 30.1 Å². The van der Waals surface area contributed by atoms with E-state index < -0.39 is 18.1 Å². The average molecular weight is 375 g/mol. The fourth-order valence-corrected chi connectivity index (χ4v) is 3.39. The van der Waals surface area contributed by atoms with Gasteiger partial charge >= 0.3 is 11.9 Å². The van der Waals surface area contributed by atoms with Crippen LogP contribution >= 0.6 is 23.2 Å². The van der Waals surface area contributed by atoms with Gasteiger partial charge in [-0.3, -0.25) is 9.80 Å². The first-order chi connectivity index (χ1) is 11.4. The van der Waals surface area contributed by atoms with Crippen LogP contribution in [-0.4, -0.2) is 49.3 Å². The van der Waals surface area contributed by atoms with Crippen LogP contribution in [0.25, 0.3) is 0 Å². The molecule has 6 nitrogen and oxygen atoms in total. The Hall–Kier alpha value is -1.50. The van der Waals surface area contributed by atoms with Gasteiger partial charge in [0.25, 0.3) is 0 Å². The van der Waals surface area contributed by atoms with Gasteiger partial charge in [0, 0.05) is 18.0 Å². The lowest BCUT2D eigenvalue weighted by atomic mass is 10.1. The molecule has 1 saturated heterocycles. The van der Waals surface area contributed by atoms with E-state index in [9.17, 15) is 9.59 Å². The Morgan fingerprint density at radius 1 is 1.21 bits per heavy atom. The average Bonchev–Trinajstić information content (AvgIpc) is 2.93. The number of hydrogen-bond donors (Lipinski definition) is 0. The van der Waals surface area contributed by atoms with Gasteiger partial charge < -0.3 is 9.47 Å². The van der Waals surface area contributed by atoms with Crippen LogP contribution < -0.4 is 5.01 Å². The second-order valence-electron chi connectivity index (χ2n) is 5.24. The van der Waals surface area contributed by atoms with E-state index in [1.165, 1.54) is 7.11 Å². The standard InChI is InChI=1S/C16H20Cl2N2O4/c1-4-19-13(16(22)24-5-2)9-14(15(21)23-3)20(19)12-7-6-10(17)8-11(12)18/h6-8,13-14H,4-5,9H2,1-3H3. The Bertz CT molecular complexity index is 626. The molecule has 0 aliphatic carbocycles. The summed E-state index contributed by atoms with van der Waals surface area (Å²) in [6.45, 7) is 4.41. The van der Waals surface area contributed by atoms with E-state index in [1.54, 1.807) is 35.1 Å². The van der Waals surface area contributed by atoms with E-state index >= 15 is 0 Å². The van der Waals surface area contributed by atoms with Crippen molar-refractivity contribution in [2.24, 2.45) is 0 Å². The maximum Gasteiger partial charge on any atom is 0.330 e. The Kier molecular flexibility index (Phi) is 6.32. The third kappa shape index (κ3) is 3.61. The zero-order valence-electron chi connectivity index (χ0n) is 13.8. The number of likely N-dealkylation sites (N-methyl/N-ethyl adjacent to an activating group) is 1. The number of carbonyl (C=O) groups is 2. The van der Waals surface area contributed by atoms with Crippen molar-refractivity contribution in [2.75, 3.05) is 25.3 Å². The number of hydrogen-bond acceptors (Lipinski definition) is 6. The van der Waals surface area contributed by atoms with Crippen LogP contribution in [0.5, 0.6) is 0 Å². The van der Waals surface area contributed by atoms with Crippen LogP contribution in [0, 0.1) is 0 Å². The number of carbonyl (C=O) groups excluding carboxylic acids is 2. The summed E-state index contributed by atoms with van der Waals surface area (Å²) in [5.74, 6) is -0.813. The van der Waals surface area contributed by atoms with Crippen LogP contribution in [0.4, 0.5) is 5.69 Å². The molecule has 0 radical (unpaired) electrons. The van der Waals surface area contributed by atoms with Gasteiger partial charge in [-0.25, -0.2) is 9.80 Å². The zero-order chi connectivity index (χ0) is 17.9. The van der Waals surface area contributed by atoms with Gasteiger partial charge in [0.2, 0.25) is 0 Å². The number of esters is 2. The molecule has 2 unspecified atom stereocenters. The molecular weight excluding hydrogens is 355 g/mol. The Morgan fingerprint density at radius 3 is 2.46 bits per heavy atom. The van der Waals surface area contributed by atoms with Crippen molar-refractivity contribution in [3.63, 3.8) is 0 Å². The molecule has 1 aliphatic rings. The number of benzene rings is 1. The van der Waals surface area contributed by atoms with Crippen molar-refractivity contribution >= 4 is 40.8 Å². The maximum absolute atomic E-state index is 12.3. The quantitative estimate of drug-likeness (QED) is 0.738. The Labute approximate surface area is 151 Å². The monoisotopic (exact) mass is 374 g/mol. The predicted octanol–water partition coefficient (Wildman–Crippen LogP) is 2.91. The van der Waals surface area contributed by atoms with Crippen molar-refractivity contribution in [2.45, 2.75) is 32.4 Å². The van der Waals surface area contributed by atoms with Crippen molar-refractivity contribution in [3.05, 3.63) is 28.2 Å². The molecule has 0 N–H and O–H groups in total. The number of halogens is 2. The largest absolute Gasteiger partial charge is 0.467 e. The molecule has 24 heavy (non-hydrogen) atoms. The zero-order valence-corrected chi connectivity index (χ0v) is 15.3. The summed E-state index contributed by atoms with van der Waals surface area (Å²) < 4.78 is 10.0. The molecule has 132 valence electrons.